The quantitative estimate of drug-likeness (QED) is 0.0228. The van der Waals surface area contributed by atoms with Gasteiger partial charge in [0.25, 0.3) is 0 Å². The largest absolute Gasteiger partial charge is 0.479 e. The molecule has 6 atom stereocenters. The SMILES string of the molecule is CC/C=C\C/C=C\C/C=C\C/C=C\CCCCCCCCC(=O)OC1C(OCC(COC(=O)CCCCCCCCCCCCCCCCC)OC(=O)CCCCCCC/C=C\CCCCCC)OC(C(=O)O)C(O)C1O. The molecule has 1 aliphatic rings. The van der Waals surface area contributed by atoms with E-state index in [0.717, 1.165) is 122 Å². The molecule has 0 aromatic rings. The lowest BCUT2D eigenvalue weighted by Gasteiger charge is -2.40. The van der Waals surface area contributed by atoms with E-state index in [1.54, 1.807) is 0 Å². The topological polar surface area (TPSA) is 175 Å². The van der Waals surface area contributed by atoms with Gasteiger partial charge >= 0.3 is 23.9 Å². The van der Waals surface area contributed by atoms with Gasteiger partial charge in [-0.15, -0.1) is 0 Å². The maximum Gasteiger partial charge on any atom is 0.335 e. The van der Waals surface area contributed by atoms with E-state index in [-0.39, 0.29) is 25.9 Å². The summed E-state index contributed by atoms with van der Waals surface area (Å²) in [5.41, 5.74) is 0. The summed E-state index contributed by atoms with van der Waals surface area (Å²) >= 11 is 0. The zero-order chi connectivity index (χ0) is 56.1. The van der Waals surface area contributed by atoms with Crippen LogP contribution in [-0.2, 0) is 42.9 Å². The highest BCUT2D eigenvalue weighted by Gasteiger charge is 2.50. The Balaban J connectivity index is 2.66. The van der Waals surface area contributed by atoms with Crippen molar-refractivity contribution < 1.29 is 58.2 Å². The molecule has 1 rings (SSSR count). The van der Waals surface area contributed by atoms with Gasteiger partial charge in [0, 0.05) is 19.3 Å². The Morgan fingerprint density at radius 3 is 1.27 bits per heavy atom. The number of carbonyl (C=O) groups excluding carboxylic acids is 3. The first-order valence-corrected chi connectivity index (χ1v) is 31.3. The summed E-state index contributed by atoms with van der Waals surface area (Å²) in [5, 5.41) is 31.5. The maximum absolute atomic E-state index is 13.1. The fourth-order valence-electron chi connectivity index (χ4n) is 9.30. The van der Waals surface area contributed by atoms with Crippen LogP contribution in [0, 0.1) is 0 Å². The number of rotatable bonds is 53. The van der Waals surface area contributed by atoms with E-state index in [0.29, 0.717) is 19.3 Å². The van der Waals surface area contributed by atoms with E-state index in [2.05, 4.69) is 81.5 Å². The molecule has 0 bridgehead atoms. The number of hydrogen-bond acceptors (Lipinski definition) is 11. The minimum absolute atomic E-state index is 0.0438. The van der Waals surface area contributed by atoms with Gasteiger partial charge in [-0.05, 0) is 83.5 Å². The lowest BCUT2D eigenvalue weighted by atomic mass is 9.98. The molecule has 77 heavy (non-hydrogen) atoms. The molecule has 444 valence electrons. The minimum Gasteiger partial charge on any atom is -0.479 e. The van der Waals surface area contributed by atoms with E-state index >= 15 is 0 Å². The smallest absolute Gasteiger partial charge is 0.335 e. The van der Waals surface area contributed by atoms with Crippen molar-refractivity contribution in [1.82, 2.24) is 0 Å². The number of unbranched alkanes of at least 4 members (excludes halogenated alkanes) is 29. The van der Waals surface area contributed by atoms with Gasteiger partial charge in [-0.1, -0.05) is 236 Å². The van der Waals surface area contributed by atoms with Gasteiger partial charge in [-0.2, -0.15) is 0 Å². The third-order valence-corrected chi connectivity index (χ3v) is 14.1. The predicted octanol–water partition coefficient (Wildman–Crippen LogP) is 16.3. The van der Waals surface area contributed by atoms with Crippen LogP contribution in [-0.4, -0.2) is 89.2 Å². The highest BCUT2D eigenvalue weighted by atomic mass is 16.7. The second kappa shape index (κ2) is 53.1. The normalized spacial score (nSPS) is 18.4. The highest BCUT2D eigenvalue weighted by Crippen LogP contribution is 2.27. The summed E-state index contributed by atoms with van der Waals surface area (Å²) < 4.78 is 28.5. The zero-order valence-corrected chi connectivity index (χ0v) is 49.0. The molecule has 0 spiro atoms. The maximum atomic E-state index is 13.1. The van der Waals surface area contributed by atoms with Crippen LogP contribution in [0.5, 0.6) is 0 Å². The van der Waals surface area contributed by atoms with Crippen molar-refractivity contribution in [1.29, 1.82) is 0 Å². The highest BCUT2D eigenvalue weighted by molar-refractivity contribution is 5.74. The second-order valence-electron chi connectivity index (χ2n) is 21.3. The Hall–Kier alpha value is -3.58. The molecule has 6 unspecified atom stereocenters. The van der Waals surface area contributed by atoms with Gasteiger partial charge in [0.2, 0.25) is 0 Å². The Bertz CT molecular complexity index is 1570. The molecule has 3 N–H and O–H groups in total. The number of hydrogen-bond donors (Lipinski definition) is 3. The fourth-order valence-corrected chi connectivity index (χ4v) is 9.30. The molecular weight excluding hydrogens is 973 g/mol. The first kappa shape index (κ1) is 71.4. The standard InChI is InChI=1S/C65H112O12/c1-4-7-10-13-16-19-22-25-27-28-29-30-32-35-38-41-44-47-50-53-59(68)76-63-61(70)60(69)62(64(71)72)77-65(63)74-55-56(75-58(67)52-49-46-43-40-37-33-24-21-18-15-12-9-6-3)54-73-57(66)51-48-45-42-39-36-34-31-26-23-20-17-14-11-8-5-2/h7,10,16,19,21,24-25,27,29-30,56,60-63,65,69-70H,4-6,8-9,11-15,17-18,20,22-23,26,28,31-55H2,1-3H3,(H,71,72)/b10-7-,19-16-,24-21-,27-25-,30-29-. The van der Waals surface area contributed by atoms with Crippen molar-refractivity contribution in [3.8, 4) is 0 Å². The first-order valence-electron chi connectivity index (χ1n) is 31.3. The fraction of sp³-hybridized carbons (Fsp3) is 0.785. The van der Waals surface area contributed by atoms with Crippen molar-refractivity contribution >= 4 is 23.9 Å². The summed E-state index contributed by atoms with van der Waals surface area (Å²) in [4.78, 5) is 51.2. The van der Waals surface area contributed by atoms with Crippen molar-refractivity contribution in [2.75, 3.05) is 13.2 Å². The van der Waals surface area contributed by atoms with Crippen LogP contribution in [0.2, 0.25) is 0 Å². The van der Waals surface area contributed by atoms with Crippen molar-refractivity contribution in [2.45, 2.75) is 314 Å². The van der Waals surface area contributed by atoms with Crippen LogP contribution in [0.3, 0.4) is 0 Å². The molecule has 12 nitrogen and oxygen atoms in total. The molecule has 1 fully saturated rings. The summed E-state index contributed by atoms with van der Waals surface area (Å²) in [6, 6.07) is 0. The van der Waals surface area contributed by atoms with Crippen LogP contribution in [0.15, 0.2) is 60.8 Å². The molecule has 0 aliphatic carbocycles. The van der Waals surface area contributed by atoms with Gasteiger partial charge in [-0.25, -0.2) is 4.79 Å². The van der Waals surface area contributed by atoms with Gasteiger partial charge in [0.1, 0.15) is 18.8 Å². The van der Waals surface area contributed by atoms with E-state index in [1.807, 2.05) is 0 Å². The van der Waals surface area contributed by atoms with E-state index < -0.39 is 67.3 Å². The van der Waals surface area contributed by atoms with E-state index in [1.165, 1.54) is 96.3 Å². The molecule has 0 amide bonds. The molecule has 1 heterocycles. The number of aliphatic carboxylic acids is 1. The summed E-state index contributed by atoms with van der Waals surface area (Å²) in [6.07, 6.45) is 53.2. The van der Waals surface area contributed by atoms with Crippen molar-refractivity contribution in [2.24, 2.45) is 0 Å². The van der Waals surface area contributed by atoms with Gasteiger partial charge < -0.3 is 39.0 Å². The summed E-state index contributed by atoms with van der Waals surface area (Å²) in [5.74, 6) is -3.13. The number of carboxylic acids is 1. The number of aliphatic hydroxyl groups is 2. The number of allylic oxidation sites excluding steroid dienone is 10. The molecule has 0 aromatic heterocycles. The van der Waals surface area contributed by atoms with Crippen LogP contribution in [0.25, 0.3) is 0 Å². The van der Waals surface area contributed by atoms with E-state index in [9.17, 15) is 34.5 Å². The number of aliphatic hydroxyl groups excluding tert-OH is 2. The second-order valence-corrected chi connectivity index (χ2v) is 21.3. The Labute approximate surface area is 468 Å². The number of carbonyl (C=O) groups is 4. The Morgan fingerprint density at radius 2 is 0.818 bits per heavy atom. The Morgan fingerprint density at radius 1 is 0.442 bits per heavy atom. The predicted molar refractivity (Wildman–Crippen MR) is 312 cm³/mol. The molecule has 1 aliphatic heterocycles. The van der Waals surface area contributed by atoms with Crippen molar-refractivity contribution in [3.63, 3.8) is 0 Å². The van der Waals surface area contributed by atoms with Crippen LogP contribution < -0.4 is 0 Å². The van der Waals surface area contributed by atoms with Crippen LogP contribution >= 0.6 is 0 Å². The average molecular weight is 1090 g/mol. The van der Waals surface area contributed by atoms with Crippen LogP contribution in [0.4, 0.5) is 0 Å². The molecule has 12 heteroatoms. The number of carboxylic acid groups (broad SMARTS) is 1. The average Bonchev–Trinajstić information content (AvgIpc) is 3.42. The third kappa shape index (κ3) is 43.0. The minimum atomic E-state index is -1.91. The summed E-state index contributed by atoms with van der Waals surface area (Å²) in [6.45, 7) is 5.88. The first-order chi connectivity index (χ1) is 37.6. The molecule has 1 saturated heterocycles. The third-order valence-electron chi connectivity index (χ3n) is 14.1. The van der Waals surface area contributed by atoms with Crippen LogP contribution in [0.1, 0.15) is 278 Å². The number of esters is 3. The lowest BCUT2D eigenvalue weighted by molar-refractivity contribution is -0.301. The molecule has 0 aromatic carbocycles. The van der Waals surface area contributed by atoms with Gasteiger partial charge in [0.15, 0.2) is 24.6 Å². The van der Waals surface area contributed by atoms with E-state index in [4.69, 9.17) is 23.7 Å². The van der Waals surface area contributed by atoms with Crippen molar-refractivity contribution in [3.05, 3.63) is 60.8 Å². The molecular formula is C65H112O12. The lowest BCUT2D eigenvalue weighted by Crippen LogP contribution is -2.61. The Kier molecular flexibility index (Phi) is 49.2. The summed E-state index contributed by atoms with van der Waals surface area (Å²) in [7, 11) is 0. The zero-order valence-electron chi connectivity index (χ0n) is 49.0. The number of ether oxygens (including phenoxy) is 5. The van der Waals surface area contributed by atoms with Gasteiger partial charge in [0.05, 0.1) is 6.61 Å². The van der Waals surface area contributed by atoms with Gasteiger partial charge in [-0.3, -0.25) is 14.4 Å². The molecule has 0 radical (unpaired) electrons. The monoisotopic (exact) mass is 1080 g/mol. The molecule has 0 saturated carbocycles.